The highest BCUT2D eigenvalue weighted by molar-refractivity contribution is 5.03. The van der Waals surface area contributed by atoms with Crippen LogP contribution in [0.4, 0.5) is 0 Å². The van der Waals surface area contributed by atoms with E-state index in [1.54, 1.807) is 7.11 Å². The molecule has 96 valence electrons. The normalized spacial score (nSPS) is 12.9. The van der Waals surface area contributed by atoms with Crippen LogP contribution in [0.15, 0.2) is 24.4 Å². The van der Waals surface area contributed by atoms with Gasteiger partial charge < -0.3 is 10.1 Å². The number of ether oxygens (including phenoxy) is 1. The summed E-state index contributed by atoms with van der Waals surface area (Å²) < 4.78 is 5.27. The first kappa shape index (κ1) is 14.1. The largest absolute Gasteiger partial charge is 0.383 e. The van der Waals surface area contributed by atoms with Crippen molar-refractivity contribution in [1.29, 1.82) is 0 Å². The maximum Gasteiger partial charge on any atom is 0.0630 e. The number of nitrogens with zero attached hydrogens (tertiary/aromatic N) is 2. The molecule has 4 nitrogen and oxygen atoms in total. The van der Waals surface area contributed by atoms with Gasteiger partial charge in [0.05, 0.1) is 12.3 Å². The van der Waals surface area contributed by atoms with Gasteiger partial charge in [-0.05, 0) is 25.7 Å². The van der Waals surface area contributed by atoms with E-state index in [4.69, 9.17) is 4.74 Å². The lowest BCUT2D eigenvalue weighted by Crippen LogP contribution is -2.44. The topological polar surface area (TPSA) is 37.4 Å². The van der Waals surface area contributed by atoms with E-state index in [2.05, 4.69) is 28.2 Å². The second-order valence-electron chi connectivity index (χ2n) is 4.05. The van der Waals surface area contributed by atoms with E-state index >= 15 is 0 Å². The molecule has 0 saturated carbocycles. The fraction of sp³-hybridized carbons (Fsp3) is 0.615. The van der Waals surface area contributed by atoms with Crippen molar-refractivity contribution < 1.29 is 4.74 Å². The molecule has 1 aromatic heterocycles. The number of hydrogen-bond donors (Lipinski definition) is 1. The first-order chi connectivity index (χ1) is 8.31. The molecule has 1 aromatic rings. The average molecular weight is 237 g/mol. The molecule has 1 rings (SSSR count). The summed E-state index contributed by atoms with van der Waals surface area (Å²) in [7, 11) is 3.72. The lowest BCUT2D eigenvalue weighted by atomic mass is 10.2. The van der Waals surface area contributed by atoms with Crippen LogP contribution in [-0.4, -0.2) is 49.8 Å². The fourth-order valence-electron chi connectivity index (χ4n) is 1.92. The molecule has 0 bridgehead atoms. The molecule has 0 aliphatic rings. The summed E-state index contributed by atoms with van der Waals surface area (Å²) in [6, 6.07) is 6.42. The molecule has 0 aromatic carbocycles. The molecule has 4 heteroatoms. The number of nitrogens with one attached hydrogen (secondary N) is 1. The van der Waals surface area contributed by atoms with Crippen molar-refractivity contribution in [3.05, 3.63) is 30.1 Å². The molecule has 0 amide bonds. The third-order valence-electron chi connectivity index (χ3n) is 2.81. The third kappa shape index (κ3) is 4.81. The summed E-state index contributed by atoms with van der Waals surface area (Å²) in [4.78, 5) is 6.74. The molecule has 1 N–H and O–H groups in total. The zero-order chi connectivity index (χ0) is 12.5. The molecule has 0 spiro atoms. The molecule has 0 saturated heterocycles. The highest BCUT2D eigenvalue weighted by Gasteiger charge is 2.16. The van der Waals surface area contributed by atoms with Crippen molar-refractivity contribution in [2.24, 2.45) is 0 Å². The molecule has 1 unspecified atom stereocenters. The van der Waals surface area contributed by atoms with Crippen molar-refractivity contribution >= 4 is 0 Å². The van der Waals surface area contributed by atoms with Gasteiger partial charge in [-0.1, -0.05) is 13.0 Å². The van der Waals surface area contributed by atoms with Crippen LogP contribution in [0.3, 0.4) is 0 Å². The van der Waals surface area contributed by atoms with E-state index in [-0.39, 0.29) is 0 Å². The van der Waals surface area contributed by atoms with Crippen molar-refractivity contribution in [2.75, 3.05) is 33.9 Å². The summed E-state index contributed by atoms with van der Waals surface area (Å²) in [6.07, 6.45) is 1.84. The molecule has 0 aliphatic carbocycles. The first-order valence-corrected chi connectivity index (χ1v) is 6.09. The van der Waals surface area contributed by atoms with Gasteiger partial charge in [-0.25, -0.2) is 0 Å². The quantitative estimate of drug-likeness (QED) is 0.735. The van der Waals surface area contributed by atoms with Crippen molar-refractivity contribution in [2.45, 2.75) is 19.5 Å². The van der Waals surface area contributed by atoms with Crippen molar-refractivity contribution in [1.82, 2.24) is 15.2 Å². The monoisotopic (exact) mass is 237 g/mol. The molecule has 0 fully saturated rings. The Kier molecular flexibility index (Phi) is 6.77. The molecule has 1 atom stereocenters. The van der Waals surface area contributed by atoms with Gasteiger partial charge >= 0.3 is 0 Å². The van der Waals surface area contributed by atoms with Crippen LogP contribution in [0, 0.1) is 0 Å². The Morgan fingerprint density at radius 1 is 1.47 bits per heavy atom. The Bertz CT molecular complexity index is 286. The zero-order valence-corrected chi connectivity index (χ0v) is 11.0. The summed E-state index contributed by atoms with van der Waals surface area (Å²) in [5.74, 6) is 0. The molecule has 0 aliphatic heterocycles. The second kappa shape index (κ2) is 8.17. The Balaban J connectivity index is 2.61. The number of methoxy groups -OCH3 is 1. The molecular weight excluding hydrogens is 214 g/mol. The Labute approximate surface area is 104 Å². The number of aromatic nitrogens is 1. The van der Waals surface area contributed by atoms with Gasteiger partial charge in [-0.3, -0.25) is 9.88 Å². The minimum absolute atomic E-state index is 0.386. The number of rotatable bonds is 8. The summed E-state index contributed by atoms with van der Waals surface area (Å²) in [6.45, 7) is 5.69. The summed E-state index contributed by atoms with van der Waals surface area (Å²) in [5.41, 5.74) is 1.10. The molecule has 1 heterocycles. The van der Waals surface area contributed by atoms with Gasteiger partial charge in [-0.15, -0.1) is 0 Å². The number of likely N-dealkylation sites (N-methyl/N-ethyl adjacent to an activating group) is 2. The molecular formula is C13H23N3O. The predicted octanol–water partition coefficient (Wildman–Crippen LogP) is 1.14. The van der Waals surface area contributed by atoms with E-state index in [0.29, 0.717) is 6.04 Å². The number of pyridine rings is 1. The lowest BCUT2D eigenvalue weighted by Gasteiger charge is -2.29. The van der Waals surface area contributed by atoms with E-state index in [9.17, 15) is 0 Å². The van der Waals surface area contributed by atoms with Gasteiger partial charge in [0.1, 0.15) is 0 Å². The highest BCUT2D eigenvalue weighted by Crippen LogP contribution is 2.06. The standard InChI is InChI=1S/C13H23N3O/c1-4-16(13(9-14-2)11-17-3)10-12-7-5-6-8-15-12/h5-8,13-14H,4,9-11H2,1-3H3. The van der Waals surface area contributed by atoms with Gasteiger partial charge in [0, 0.05) is 32.4 Å². The van der Waals surface area contributed by atoms with E-state index < -0.39 is 0 Å². The van der Waals surface area contributed by atoms with Crippen LogP contribution in [-0.2, 0) is 11.3 Å². The predicted molar refractivity (Wildman–Crippen MR) is 69.9 cm³/mol. The maximum absolute atomic E-state index is 5.27. The SMILES string of the molecule is CCN(Cc1ccccn1)C(CNC)COC. The average Bonchev–Trinajstić information content (AvgIpc) is 2.37. The van der Waals surface area contributed by atoms with Crippen LogP contribution < -0.4 is 5.32 Å². The second-order valence-corrected chi connectivity index (χ2v) is 4.05. The molecule has 0 radical (unpaired) electrons. The minimum Gasteiger partial charge on any atom is -0.383 e. The number of hydrogen-bond acceptors (Lipinski definition) is 4. The van der Waals surface area contributed by atoms with Crippen LogP contribution in [0.2, 0.25) is 0 Å². The summed E-state index contributed by atoms with van der Waals surface area (Å²) in [5, 5.41) is 3.21. The van der Waals surface area contributed by atoms with E-state index in [1.165, 1.54) is 0 Å². The van der Waals surface area contributed by atoms with Crippen LogP contribution >= 0.6 is 0 Å². The van der Waals surface area contributed by atoms with Crippen LogP contribution in [0.25, 0.3) is 0 Å². The minimum atomic E-state index is 0.386. The molecule has 17 heavy (non-hydrogen) atoms. The van der Waals surface area contributed by atoms with Gasteiger partial charge in [0.15, 0.2) is 0 Å². The van der Waals surface area contributed by atoms with E-state index in [1.807, 2.05) is 25.4 Å². The zero-order valence-electron chi connectivity index (χ0n) is 11.0. The van der Waals surface area contributed by atoms with E-state index in [0.717, 1.165) is 31.9 Å². The third-order valence-corrected chi connectivity index (χ3v) is 2.81. The Morgan fingerprint density at radius 2 is 2.29 bits per heavy atom. The first-order valence-electron chi connectivity index (χ1n) is 6.09. The smallest absolute Gasteiger partial charge is 0.0630 e. The maximum atomic E-state index is 5.27. The lowest BCUT2D eigenvalue weighted by molar-refractivity contribution is 0.0881. The van der Waals surface area contributed by atoms with Gasteiger partial charge in [0.2, 0.25) is 0 Å². The Hall–Kier alpha value is -0.970. The van der Waals surface area contributed by atoms with Crippen LogP contribution in [0.1, 0.15) is 12.6 Å². The highest BCUT2D eigenvalue weighted by atomic mass is 16.5. The Morgan fingerprint density at radius 3 is 2.82 bits per heavy atom. The van der Waals surface area contributed by atoms with Crippen LogP contribution in [0.5, 0.6) is 0 Å². The van der Waals surface area contributed by atoms with Crippen molar-refractivity contribution in [3.63, 3.8) is 0 Å². The van der Waals surface area contributed by atoms with Gasteiger partial charge in [0.25, 0.3) is 0 Å². The summed E-state index contributed by atoms with van der Waals surface area (Å²) >= 11 is 0. The van der Waals surface area contributed by atoms with Gasteiger partial charge in [-0.2, -0.15) is 0 Å². The fourth-order valence-corrected chi connectivity index (χ4v) is 1.92. The van der Waals surface area contributed by atoms with Crippen molar-refractivity contribution in [3.8, 4) is 0 Å².